The fraction of sp³-hybridized carbons (Fsp3) is 0.375. The zero-order valence-corrected chi connectivity index (χ0v) is 15.6. The van der Waals surface area contributed by atoms with E-state index in [0.29, 0.717) is 17.8 Å². The van der Waals surface area contributed by atoms with Crippen molar-refractivity contribution in [1.29, 1.82) is 0 Å². The summed E-state index contributed by atoms with van der Waals surface area (Å²) >= 11 is 3.09. The number of aryl methyl sites for hydroxylation is 1. The van der Waals surface area contributed by atoms with Crippen LogP contribution in [0.25, 0.3) is 11.5 Å². The first kappa shape index (κ1) is 16.9. The lowest BCUT2D eigenvalue weighted by Gasteiger charge is -2.04. The van der Waals surface area contributed by atoms with E-state index in [1.807, 2.05) is 38.1 Å². The van der Waals surface area contributed by atoms with Crippen LogP contribution in [0.2, 0.25) is 0 Å². The Morgan fingerprint density at radius 1 is 1.04 bits per heavy atom. The molecule has 6 nitrogen and oxygen atoms in total. The topological polar surface area (TPSA) is 76.7 Å². The molecule has 0 spiro atoms. The van der Waals surface area contributed by atoms with Crippen LogP contribution in [-0.2, 0) is 0 Å². The number of nitrogens with one attached hydrogen (secondary N) is 1. The van der Waals surface area contributed by atoms with Crippen molar-refractivity contribution in [3.8, 4) is 11.5 Å². The van der Waals surface area contributed by atoms with Gasteiger partial charge in [0.2, 0.25) is 16.9 Å². The molecule has 1 N–H and O–H groups in total. The highest BCUT2D eigenvalue weighted by atomic mass is 32.2. The molecule has 0 fully saturated rings. The molecule has 0 aliphatic heterocycles. The van der Waals surface area contributed by atoms with Gasteiger partial charge in [0, 0.05) is 11.6 Å². The van der Waals surface area contributed by atoms with Gasteiger partial charge in [-0.2, -0.15) is 0 Å². The summed E-state index contributed by atoms with van der Waals surface area (Å²) in [6.45, 7) is 8.21. The minimum atomic E-state index is 0.0107. The number of benzene rings is 1. The Hall–Kier alpha value is -1.93. The maximum atomic E-state index is 5.81. The SMILES string of the molecule is Cc1ccc(-c2nnc([C@@H](C)Sc3nnc(NC(C)C)s3)o2)cc1. The number of anilines is 1. The van der Waals surface area contributed by atoms with Crippen molar-refractivity contribution < 1.29 is 4.42 Å². The Morgan fingerprint density at radius 3 is 2.50 bits per heavy atom. The molecular weight excluding hydrogens is 342 g/mol. The lowest BCUT2D eigenvalue weighted by molar-refractivity contribution is 0.509. The minimum absolute atomic E-state index is 0.0107. The molecule has 0 saturated carbocycles. The highest BCUT2D eigenvalue weighted by Gasteiger charge is 2.18. The Bertz CT molecular complexity index is 797. The van der Waals surface area contributed by atoms with Gasteiger partial charge < -0.3 is 9.73 Å². The number of aromatic nitrogens is 4. The van der Waals surface area contributed by atoms with Crippen LogP contribution in [0.1, 0.15) is 37.5 Å². The average Bonchev–Trinajstić information content (AvgIpc) is 3.17. The summed E-state index contributed by atoms with van der Waals surface area (Å²) in [4.78, 5) is 0. The van der Waals surface area contributed by atoms with Crippen molar-refractivity contribution in [2.75, 3.05) is 5.32 Å². The normalized spacial score (nSPS) is 12.5. The van der Waals surface area contributed by atoms with Crippen molar-refractivity contribution in [3.63, 3.8) is 0 Å². The summed E-state index contributed by atoms with van der Waals surface area (Å²) in [5.41, 5.74) is 2.13. The zero-order chi connectivity index (χ0) is 17.1. The largest absolute Gasteiger partial charge is 0.419 e. The highest BCUT2D eigenvalue weighted by Crippen LogP contribution is 2.37. The molecule has 2 heterocycles. The van der Waals surface area contributed by atoms with Crippen molar-refractivity contribution in [2.45, 2.75) is 43.3 Å². The summed E-state index contributed by atoms with van der Waals surface area (Å²) in [6, 6.07) is 8.36. The monoisotopic (exact) mass is 361 g/mol. The Labute approximate surface area is 149 Å². The first-order chi connectivity index (χ1) is 11.5. The molecule has 126 valence electrons. The molecule has 0 aliphatic rings. The smallest absolute Gasteiger partial charge is 0.247 e. The van der Waals surface area contributed by atoms with Crippen LogP contribution in [0.3, 0.4) is 0 Å². The van der Waals surface area contributed by atoms with E-state index >= 15 is 0 Å². The molecule has 3 rings (SSSR count). The van der Waals surface area contributed by atoms with Gasteiger partial charge >= 0.3 is 0 Å². The van der Waals surface area contributed by atoms with Gasteiger partial charge in [-0.25, -0.2) is 0 Å². The van der Waals surface area contributed by atoms with Gasteiger partial charge in [-0.1, -0.05) is 40.8 Å². The van der Waals surface area contributed by atoms with Gasteiger partial charge in [-0.3, -0.25) is 0 Å². The second-order valence-electron chi connectivity index (χ2n) is 5.74. The second kappa shape index (κ2) is 7.31. The second-order valence-corrected chi connectivity index (χ2v) is 8.31. The van der Waals surface area contributed by atoms with Crippen LogP contribution in [0.15, 0.2) is 33.0 Å². The molecule has 0 saturated heterocycles. The number of rotatable bonds is 6. The van der Waals surface area contributed by atoms with Crippen molar-refractivity contribution in [3.05, 3.63) is 35.7 Å². The molecule has 24 heavy (non-hydrogen) atoms. The molecule has 2 aromatic heterocycles. The van der Waals surface area contributed by atoms with Crippen LogP contribution in [0.5, 0.6) is 0 Å². The predicted molar refractivity (Wildman–Crippen MR) is 97.4 cm³/mol. The molecule has 0 amide bonds. The third-order valence-electron chi connectivity index (χ3n) is 3.18. The lowest BCUT2D eigenvalue weighted by Crippen LogP contribution is -2.08. The van der Waals surface area contributed by atoms with Crippen LogP contribution < -0.4 is 5.32 Å². The summed E-state index contributed by atoms with van der Waals surface area (Å²) in [5.74, 6) is 1.13. The number of thioether (sulfide) groups is 1. The molecule has 1 aromatic carbocycles. The quantitative estimate of drug-likeness (QED) is 0.644. The first-order valence-corrected chi connectivity index (χ1v) is 9.38. The van der Waals surface area contributed by atoms with Gasteiger partial charge in [0.15, 0.2) is 4.34 Å². The van der Waals surface area contributed by atoms with Gasteiger partial charge in [0.25, 0.3) is 0 Å². The number of hydrogen-bond donors (Lipinski definition) is 1. The minimum Gasteiger partial charge on any atom is -0.419 e. The molecule has 0 aliphatic carbocycles. The molecule has 0 radical (unpaired) electrons. The molecule has 8 heteroatoms. The van der Waals surface area contributed by atoms with E-state index in [-0.39, 0.29) is 5.25 Å². The Kier molecular flexibility index (Phi) is 5.15. The first-order valence-electron chi connectivity index (χ1n) is 7.68. The molecular formula is C16H19N5OS2. The van der Waals surface area contributed by atoms with Gasteiger partial charge in [0.05, 0.1) is 5.25 Å². The standard InChI is InChI=1S/C16H19N5OS2/c1-9(2)17-15-20-21-16(24-15)23-11(4)13-18-19-14(22-13)12-7-5-10(3)6-8-12/h5-9,11H,1-4H3,(H,17,20)/t11-/m1/s1. The summed E-state index contributed by atoms with van der Waals surface area (Å²) in [5, 5.41) is 20.7. The Morgan fingerprint density at radius 2 is 1.79 bits per heavy atom. The van der Waals surface area contributed by atoms with Crippen molar-refractivity contribution >= 4 is 28.2 Å². The van der Waals surface area contributed by atoms with Gasteiger partial charge in [-0.15, -0.1) is 20.4 Å². The molecule has 0 unspecified atom stereocenters. The third kappa shape index (κ3) is 4.12. The summed E-state index contributed by atoms with van der Waals surface area (Å²) in [7, 11) is 0. The third-order valence-corrected chi connectivity index (χ3v) is 5.21. The van der Waals surface area contributed by atoms with Crippen molar-refractivity contribution in [2.24, 2.45) is 0 Å². The van der Waals surface area contributed by atoms with E-state index in [0.717, 1.165) is 15.0 Å². The Balaban J connectivity index is 1.68. The van der Waals surface area contributed by atoms with E-state index in [1.165, 1.54) is 16.9 Å². The van der Waals surface area contributed by atoms with E-state index in [2.05, 4.69) is 39.6 Å². The number of hydrogen-bond acceptors (Lipinski definition) is 8. The maximum Gasteiger partial charge on any atom is 0.247 e. The fourth-order valence-electron chi connectivity index (χ4n) is 1.98. The van der Waals surface area contributed by atoms with Crippen LogP contribution >= 0.6 is 23.1 Å². The van der Waals surface area contributed by atoms with E-state index in [1.54, 1.807) is 11.8 Å². The molecule has 0 bridgehead atoms. The summed E-state index contributed by atoms with van der Waals surface area (Å²) in [6.07, 6.45) is 0. The lowest BCUT2D eigenvalue weighted by atomic mass is 10.1. The summed E-state index contributed by atoms with van der Waals surface area (Å²) < 4.78 is 6.69. The van der Waals surface area contributed by atoms with E-state index in [9.17, 15) is 0 Å². The van der Waals surface area contributed by atoms with Gasteiger partial charge in [0.1, 0.15) is 0 Å². The van der Waals surface area contributed by atoms with E-state index < -0.39 is 0 Å². The van der Waals surface area contributed by atoms with Crippen LogP contribution in [-0.4, -0.2) is 26.4 Å². The predicted octanol–water partition coefficient (Wildman–Crippen LogP) is 4.57. The highest BCUT2D eigenvalue weighted by molar-refractivity contribution is 8.01. The molecule has 3 aromatic rings. The average molecular weight is 361 g/mol. The van der Waals surface area contributed by atoms with Gasteiger partial charge in [-0.05, 0) is 39.8 Å². The van der Waals surface area contributed by atoms with Crippen LogP contribution in [0.4, 0.5) is 5.13 Å². The van der Waals surface area contributed by atoms with Crippen molar-refractivity contribution in [1.82, 2.24) is 20.4 Å². The van der Waals surface area contributed by atoms with Crippen LogP contribution in [0, 0.1) is 6.92 Å². The van der Waals surface area contributed by atoms with E-state index in [4.69, 9.17) is 4.42 Å². The zero-order valence-electron chi connectivity index (χ0n) is 14.0. The molecule has 1 atom stereocenters. The number of nitrogens with zero attached hydrogens (tertiary/aromatic N) is 4. The fourth-order valence-corrected chi connectivity index (χ4v) is 4.05. The maximum absolute atomic E-state index is 5.81.